The zero-order valence-corrected chi connectivity index (χ0v) is 14.3. The van der Waals surface area contributed by atoms with Gasteiger partial charge in [-0.2, -0.15) is 4.31 Å². The first-order valence-corrected chi connectivity index (χ1v) is 9.03. The van der Waals surface area contributed by atoms with Crippen LogP contribution in [0, 0.1) is 6.92 Å². The highest BCUT2D eigenvalue weighted by Gasteiger charge is 2.42. The maximum atomic E-state index is 12.9. The molecule has 0 saturated carbocycles. The molecule has 0 aliphatic carbocycles. The van der Waals surface area contributed by atoms with Crippen LogP contribution >= 0.6 is 0 Å². The molecule has 130 valence electrons. The number of carbonyl (C=O) groups is 2. The van der Waals surface area contributed by atoms with Crippen molar-refractivity contribution in [2.75, 3.05) is 26.7 Å². The van der Waals surface area contributed by atoms with Crippen molar-refractivity contribution >= 4 is 22.0 Å². The molecule has 2 saturated heterocycles. The van der Waals surface area contributed by atoms with Crippen molar-refractivity contribution in [3.63, 3.8) is 0 Å². The largest absolute Gasteiger partial charge is 0.495 e. The number of amides is 3. The number of ether oxygens (including phenoxy) is 1. The molecule has 0 radical (unpaired) electrons. The molecule has 1 aromatic carbocycles. The van der Waals surface area contributed by atoms with Crippen LogP contribution in [0.2, 0.25) is 0 Å². The van der Waals surface area contributed by atoms with Crippen LogP contribution in [0.25, 0.3) is 0 Å². The number of rotatable bonds is 4. The molecule has 0 bridgehead atoms. The minimum absolute atomic E-state index is 0.0339. The predicted molar refractivity (Wildman–Crippen MR) is 85.1 cm³/mol. The monoisotopic (exact) mass is 353 g/mol. The van der Waals surface area contributed by atoms with E-state index in [2.05, 4.69) is 5.32 Å². The van der Waals surface area contributed by atoms with Crippen LogP contribution in [0.4, 0.5) is 4.79 Å². The van der Waals surface area contributed by atoms with Gasteiger partial charge in [0.1, 0.15) is 10.6 Å². The van der Waals surface area contributed by atoms with Crippen molar-refractivity contribution in [3.05, 3.63) is 23.8 Å². The number of hydrogen-bond acceptors (Lipinski definition) is 5. The first-order valence-electron chi connectivity index (χ1n) is 7.59. The normalized spacial score (nSPS) is 22.1. The zero-order valence-electron chi connectivity index (χ0n) is 13.5. The summed E-state index contributed by atoms with van der Waals surface area (Å²) in [6.07, 6.45) is 0.423. The van der Waals surface area contributed by atoms with E-state index in [1.54, 1.807) is 25.1 Å². The van der Waals surface area contributed by atoms with Gasteiger partial charge in [-0.05, 0) is 31.0 Å². The number of sulfonamides is 1. The lowest BCUT2D eigenvalue weighted by atomic mass is 10.2. The molecule has 1 atom stereocenters. The van der Waals surface area contributed by atoms with Crippen LogP contribution in [0.15, 0.2) is 23.1 Å². The van der Waals surface area contributed by atoms with Crippen molar-refractivity contribution in [2.24, 2.45) is 0 Å². The third kappa shape index (κ3) is 2.73. The lowest BCUT2D eigenvalue weighted by Gasteiger charge is -2.22. The van der Waals surface area contributed by atoms with Gasteiger partial charge in [-0.3, -0.25) is 9.69 Å². The van der Waals surface area contributed by atoms with Crippen molar-refractivity contribution in [3.8, 4) is 5.75 Å². The van der Waals surface area contributed by atoms with Crippen LogP contribution < -0.4 is 10.1 Å². The molecule has 1 aromatic rings. The SMILES string of the molecule is COc1ccc(C)cc1S(=O)(=O)N1CCC(N2C(=O)CNC2=O)C1. The third-order valence-corrected chi connectivity index (χ3v) is 6.19. The Kier molecular flexibility index (Phi) is 4.22. The highest BCUT2D eigenvalue weighted by Crippen LogP contribution is 2.31. The van der Waals surface area contributed by atoms with Crippen LogP contribution in [0.5, 0.6) is 5.75 Å². The average molecular weight is 353 g/mol. The van der Waals surface area contributed by atoms with Gasteiger partial charge in [0.25, 0.3) is 0 Å². The fourth-order valence-corrected chi connectivity index (χ4v) is 4.80. The van der Waals surface area contributed by atoms with E-state index in [4.69, 9.17) is 4.74 Å². The number of benzene rings is 1. The predicted octanol–water partition coefficient (Wildman–Crippen LogP) is 0.318. The number of imide groups is 1. The smallest absolute Gasteiger partial charge is 0.324 e. The standard InChI is InChI=1S/C15H19N3O5S/c1-10-3-4-12(23-2)13(7-10)24(21,22)17-6-5-11(9-17)18-14(19)8-16-15(18)20/h3-4,7,11H,5-6,8-9H2,1-2H3,(H,16,20). The van der Waals surface area contributed by atoms with Crippen molar-refractivity contribution in [2.45, 2.75) is 24.3 Å². The fourth-order valence-electron chi connectivity index (χ4n) is 3.07. The Hall–Kier alpha value is -2.13. The first-order chi connectivity index (χ1) is 11.3. The highest BCUT2D eigenvalue weighted by molar-refractivity contribution is 7.89. The summed E-state index contributed by atoms with van der Waals surface area (Å²) in [6, 6.07) is 4.06. The number of methoxy groups -OCH3 is 1. The second-order valence-electron chi connectivity index (χ2n) is 5.88. The molecule has 9 heteroatoms. The van der Waals surface area contributed by atoms with E-state index >= 15 is 0 Å². The minimum Gasteiger partial charge on any atom is -0.495 e. The van der Waals surface area contributed by atoms with Gasteiger partial charge in [-0.1, -0.05) is 6.07 Å². The maximum Gasteiger partial charge on any atom is 0.324 e. The second-order valence-corrected chi connectivity index (χ2v) is 7.79. The van der Waals surface area contributed by atoms with Gasteiger partial charge in [0.15, 0.2) is 0 Å². The lowest BCUT2D eigenvalue weighted by molar-refractivity contribution is -0.126. The molecular weight excluding hydrogens is 334 g/mol. The summed E-state index contributed by atoms with van der Waals surface area (Å²) in [7, 11) is -2.34. The van der Waals surface area contributed by atoms with Gasteiger partial charge in [-0.25, -0.2) is 13.2 Å². The Balaban J connectivity index is 1.86. The molecule has 3 amide bonds. The number of carbonyl (C=O) groups excluding carboxylic acids is 2. The average Bonchev–Trinajstić information content (AvgIpc) is 3.14. The Labute approximate surface area is 140 Å². The van der Waals surface area contributed by atoms with E-state index in [1.807, 2.05) is 0 Å². The summed E-state index contributed by atoms with van der Waals surface area (Å²) in [6.45, 7) is 2.12. The number of hydrogen-bond donors (Lipinski definition) is 1. The molecule has 2 heterocycles. The number of nitrogens with zero attached hydrogens (tertiary/aromatic N) is 2. The van der Waals surface area contributed by atoms with Crippen LogP contribution in [-0.4, -0.2) is 62.3 Å². The first kappa shape index (κ1) is 16.7. The molecule has 2 aliphatic rings. The number of urea groups is 1. The Bertz CT molecular complexity index is 776. The lowest BCUT2D eigenvalue weighted by Crippen LogP contribution is -2.42. The fraction of sp³-hybridized carbons (Fsp3) is 0.467. The molecule has 24 heavy (non-hydrogen) atoms. The molecule has 3 rings (SSSR count). The van der Waals surface area contributed by atoms with E-state index in [0.717, 1.165) is 10.5 Å². The number of nitrogens with one attached hydrogen (secondary N) is 1. The van der Waals surface area contributed by atoms with Gasteiger partial charge in [0.05, 0.1) is 19.7 Å². The highest BCUT2D eigenvalue weighted by atomic mass is 32.2. The van der Waals surface area contributed by atoms with Crippen LogP contribution in [0.1, 0.15) is 12.0 Å². The molecule has 0 spiro atoms. The summed E-state index contributed by atoms with van der Waals surface area (Å²) < 4.78 is 32.3. The van der Waals surface area contributed by atoms with Gasteiger partial charge >= 0.3 is 6.03 Å². The zero-order chi connectivity index (χ0) is 17.5. The molecule has 2 aliphatic heterocycles. The summed E-state index contributed by atoms with van der Waals surface area (Å²) in [4.78, 5) is 24.8. The third-order valence-electron chi connectivity index (χ3n) is 4.31. The van der Waals surface area contributed by atoms with E-state index < -0.39 is 22.1 Å². The van der Waals surface area contributed by atoms with E-state index in [-0.39, 0.29) is 36.2 Å². The Morgan fingerprint density at radius 1 is 1.29 bits per heavy atom. The summed E-state index contributed by atoms with van der Waals surface area (Å²) >= 11 is 0. The van der Waals surface area contributed by atoms with E-state index in [9.17, 15) is 18.0 Å². The van der Waals surface area contributed by atoms with Crippen molar-refractivity contribution in [1.29, 1.82) is 0 Å². The summed E-state index contributed by atoms with van der Waals surface area (Å²) in [5, 5.41) is 2.46. The summed E-state index contributed by atoms with van der Waals surface area (Å²) in [5.74, 6) is -0.0450. The minimum atomic E-state index is -3.76. The van der Waals surface area contributed by atoms with Gasteiger partial charge < -0.3 is 10.1 Å². The van der Waals surface area contributed by atoms with Crippen molar-refractivity contribution in [1.82, 2.24) is 14.5 Å². The van der Waals surface area contributed by atoms with E-state index in [0.29, 0.717) is 6.42 Å². The molecule has 1 N–H and O–H groups in total. The molecule has 1 unspecified atom stereocenters. The molecular formula is C15H19N3O5S. The van der Waals surface area contributed by atoms with E-state index in [1.165, 1.54) is 11.4 Å². The topological polar surface area (TPSA) is 96.0 Å². The molecule has 8 nitrogen and oxygen atoms in total. The van der Waals surface area contributed by atoms with Gasteiger partial charge in [0, 0.05) is 13.1 Å². The van der Waals surface area contributed by atoms with Gasteiger partial charge in [-0.15, -0.1) is 0 Å². The second kappa shape index (κ2) is 6.06. The van der Waals surface area contributed by atoms with Crippen LogP contribution in [-0.2, 0) is 14.8 Å². The van der Waals surface area contributed by atoms with Crippen LogP contribution in [0.3, 0.4) is 0 Å². The number of aryl methyl sites for hydroxylation is 1. The summed E-state index contributed by atoms with van der Waals surface area (Å²) in [5.41, 5.74) is 0.805. The Morgan fingerprint density at radius 2 is 2.04 bits per heavy atom. The van der Waals surface area contributed by atoms with Crippen molar-refractivity contribution < 1.29 is 22.7 Å². The quantitative estimate of drug-likeness (QED) is 0.787. The molecule has 2 fully saturated rings. The van der Waals surface area contributed by atoms with Gasteiger partial charge in [0.2, 0.25) is 15.9 Å². The molecule has 0 aromatic heterocycles. The maximum absolute atomic E-state index is 12.9. The Morgan fingerprint density at radius 3 is 2.67 bits per heavy atom.